The summed E-state index contributed by atoms with van der Waals surface area (Å²) in [5.74, 6) is 0.581. The third-order valence-electron chi connectivity index (χ3n) is 4.30. The first-order valence-electron chi connectivity index (χ1n) is 7.82. The van der Waals surface area contributed by atoms with Crippen LogP contribution >= 0.6 is 0 Å². The zero-order valence-corrected chi connectivity index (χ0v) is 13.4. The lowest BCUT2D eigenvalue weighted by Crippen LogP contribution is -2.48. The van der Waals surface area contributed by atoms with Crippen molar-refractivity contribution < 1.29 is 9.18 Å². The maximum Gasteiger partial charge on any atom is 0.219 e. The number of nitrogens with zero attached hydrogens (tertiary/aromatic N) is 3. The number of halogens is 1. The van der Waals surface area contributed by atoms with Crippen LogP contribution < -0.4 is 10.6 Å². The average Bonchev–Trinajstić information content (AvgIpc) is 2.53. The van der Waals surface area contributed by atoms with Crippen molar-refractivity contribution in [2.24, 2.45) is 5.73 Å². The quantitative estimate of drug-likeness (QED) is 0.921. The number of carbonyl (C=O) groups excluding carboxylic acids is 1. The van der Waals surface area contributed by atoms with Gasteiger partial charge in [0, 0.05) is 56.2 Å². The molecule has 3 rings (SSSR count). The highest BCUT2D eigenvalue weighted by Gasteiger charge is 2.23. The van der Waals surface area contributed by atoms with Gasteiger partial charge in [0.25, 0.3) is 0 Å². The van der Waals surface area contributed by atoms with E-state index in [-0.39, 0.29) is 17.8 Å². The van der Waals surface area contributed by atoms with Gasteiger partial charge in [0.1, 0.15) is 11.6 Å². The second-order valence-electron chi connectivity index (χ2n) is 6.02. The smallest absolute Gasteiger partial charge is 0.219 e. The fourth-order valence-corrected chi connectivity index (χ4v) is 2.97. The van der Waals surface area contributed by atoms with Crippen molar-refractivity contribution in [2.45, 2.75) is 19.9 Å². The maximum atomic E-state index is 13.5. The zero-order valence-electron chi connectivity index (χ0n) is 13.4. The Bertz CT molecular complexity index is 739. The van der Waals surface area contributed by atoms with Gasteiger partial charge in [0.2, 0.25) is 5.91 Å². The number of fused-ring (bicyclic) bond motifs is 1. The van der Waals surface area contributed by atoms with E-state index in [9.17, 15) is 9.18 Å². The number of anilines is 1. The van der Waals surface area contributed by atoms with Gasteiger partial charge in [-0.05, 0) is 25.1 Å². The first-order valence-corrected chi connectivity index (χ1v) is 7.82. The van der Waals surface area contributed by atoms with Gasteiger partial charge in [-0.2, -0.15) is 0 Å². The highest BCUT2D eigenvalue weighted by atomic mass is 19.1. The SMILES string of the molecule is CC(=O)N1CCN(c2nc3cc(F)ccc3cc2[C@H](C)N)CC1. The number of nitrogens with two attached hydrogens (primary N) is 1. The van der Waals surface area contributed by atoms with Crippen LogP contribution in [0, 0.1) is 5.82 Å². The number of benzene rings is 1. The van der Waals surface area contributed by atoms with Crippen molar-refractivity contribution in [1.29, 1.82) is 0 Å². The van der Waals surface area contributed by atoms with Gasteiger partial charge < -0.3 is 15.5 Å². The van der Waals surface area contributed by atoms with Gasteiger partial charge in [-0.15, -0.1) is 0 Å². The fourth-order valence-electron chi connectivity index (χ4n) is 2.97. The molecule has 1 aliphatic rings. The van der Waals surface area contributed by atoms with Gasteiger partial charge in [0.15, 0.2) is 0 Å². The Balaban J connectivity index is 1.98. The van der Waals surface area contributed by atoms with Crippen molar-refractivity contribution >= 4 is 22.6 Å². The molecule has 1 aromatic carbocycles. The Hall–Kier alpha value is -2.21. The molecule has 1 fully saturated rings. The summed E-state index contributed by atoms with van der Waals surface area (Å²) < 4.78 is 13.5. The maximum absolute atomic E-state index is 13.5. The van der Waals surface area contributed by atoms with E-state index in [1.54, 1.807) is 13.0 Å². The molecule has 1 atom stereocenters. The minimum absolute atomic E-state index is 0.0885. The summed E-state index contributed by atoms with van der Waals surface area (Å²) in [7, 11) is 0. The molecule has 0 bridgehead atoms. The molecule has 0 spiro atoms. The van der Waals surface area contributed by atoms with Crippen LogP contribution in [-0.4, -0.2) is 42.0 Å². The molecule has 1 saturated heterocycles. The standard InChI is InChI=1S/C17H21FN4O/c1-11(19)15-9-13-3-4-14(18)10-16(13)20-17(15)22-7-5-21(6-8-22)12(2)23/h3-4,9-11H,5-8,19H2,1-2H3/t11-/m0/s1. The van der Waals surface area contributed by atoms with Crippen molar-refractivity contribution in [3.63, 3.8) is 0 Å². The summed E-state index contributed by atoms with van der Waals surface area (Å²) in [5.41, 5.74) is 7.68. The third kappa shape index (κ3) is 3.12. The van der Waals surface area contributed by atoms with Crippen LogP contribution in [0.5, 0.6) is 0 Å². The second-order valence-corrected chi connectivity index (χ2v) is 6.02. The van der Waals surface area contributed by atoms with E-state index in [0.717, 1.165) is 16.8 Å². The number of rotatable bonds is 2. The highest BCUT2D eigenvalue weighted by molar-refractivity contribution is 5.82. The summed E-state index contributed by atoms with van der Waals surface area (Å²) in [5, 5.41) is 0.879. The third-order valence-corrected chi connectivity index (χ3v) is 4.30. The average molecular weight is 316 g/mol. The van der Waals surface area contributed by atoms with Crippen LogP contribution in [0.2, 0.25) is 0 Å². The minimum atomic E-state index is -0.300. The highest BCUT2D eigenvalue weighted by Crippen LogP contribution is 2.28. The zero-order chi connectivity index (χ0) is 16.6. The van der Waals surface area contributed by atoms with Gasteiger partial charge >= 0.3 is 0 Å². The van der Waals surface area contributed by atoms with Gasteiger partial charge in [-0.3, -0.25) is 4.79 Å². The molecular weight excluding hydrogens is 295 g/mol. The molecule has 1 aromatic heterocycles. The van der Waals surface area contributed by atoms with Crippen molar-refractivity contribution in [3.05, 3.63) is 35.6 Å². The number of piperazine rings is 1. The van der Waals surface area contributed by atoms with E-state index in [1.165, 1.54) is 12.1 Å². The summed E-state index contributed by atoms with van der Waals surface area (Å²) >= 11 is 0. The number of hydrogen-bond acceptors (Lipinski definition) is 4. The molecule has 0 aliphatic carbocycles. The van der Waals surface area contributed by atoms with Crippen LogP contribution in [0.3, 0.4) is 0 Å². The molecule has 122 valence electrons. The first-order chi connectivity index (χ1) is 11.0. The molecule has 6 heteroatoms. The molecule has 1 aliphatic heterocycles. The van der Waals surface area contributed by atoms with Crippen molar-refractivity contribution in [3.8, 4) is 0 Å². The Morgan fingerprint density at radius 1 is 1.26 bits per heavy atom. The lowest BCUT2D eigenvalue weighted by Gasteiger charge is -2.36. The summed E-state index contributed by atoms with van der Waals surface area (Å²) in [6, 6.07) is 6.41. The lowest BCUT2D eigenvalue weighted by atomic mass is 10.1. The monoisotopic (exact) mass is 316 g/mol. The van der Waals surface area contributed by atoms with Crippen molar-refractivity contribution in [1.82, 2.24) is 9.88 Å². The molecule has 2 heterocycles. The van der Waals surface area contributed by atoms with E-state index < -0.39 is 0 Å². The lowest BCUT2D eigenvalue weighted by molar-refractivity contribution is -0.129. The Morgan fingerprint density at radius 2 is 1.96 bits per heavy atom. The Labute approximate surface area is 134 Å². The van der Waals surface area contributed by atoms with Crippen LogP contribution in [-0.2, 0) is 4.79 Å². The van der Waals surface area contributed by atoms with E-state index >= 15 is 0 Å². The number of pyridine rings is 1. The predicted molar refractivity (Wildman–Crippen MR) is 88.8 cm³/mol. The number of amides is 1. The molecule has 0 unspecified atom stereocenters. The molecular formula is C17H21FN4O. The molecule has 2 N–H and O–H groups in total. The topological polar surface area (TPSA) is 62.5 Å². The summed E-state index contributed by atoms with van der Waals surface area (Å²) in [6.07, 6.45) is 0. The Morgan fingerprint density at radius 3 is 2.57 bits per heavy atom. The molecule has 0 radical (unpaired) electrons. The molecule has 5 nitrogen and oxygen atoms in total. The van der Waals surface area contributed by atoms with Crippen molar-refractivity contribution in [2.75, 3.05) is 31.1 Å². The molecule has 0 saturated carbocycles. The summed E-state index contributed by atoms with van der Waals surface area (Å²) in [6.45, 7) is 6.23. The molecule has 23 heavy (non-hydrogen) atoms. The van der Waals surface area contributed by atoms with E-state index in [2.05, 4.69) is 9.88 Å². The number of hydrogen-bond donors (Lipinski definition) is 1. The summed E-state index contributed by atoms with van der Waals surface area (Å²) in [4.78, 5) is 20.1. The fraction of sp³-hybridized carbons (Fsp3) is 0.412. The first kappa shape index (κ1) is 15.7. The normalized spacial score (nSPS) is 16.7. The molecule has 1 amide bonds. The minimum Gasteiger partial charge on any atom is -0.353 e. The van der Waals surface area contributed by atoms with Gasteiger partial charge in [-0.25, -0.2) is 9.37 Å². The van der Waals surface area contributed by atoms with E-state index in [1.807, 2.05) is 17.9 Å². The number of aromatic nitrogens is 1. The van der Waals surface area contributed by atoms with Crippen LogP contribution in [0.4, 0.5) is 10.2 Å². The molecule has 2 aromatic rings. The predicted octanol–water partition coefficient (Wildman–Crippen LogP) is 2.06. The number of carbonyl (C=O) groups is 1. The van der Waals surface area contributed by atoms with Gasteiger partial charge in [0.05, 0.1) is 5.52 Å². The second kappa shape index (κ2) is 6.12. The van der Waals surface area contributed by atoms with Gasteiger partial charge in [-0.1, -0.05) is 0 Å². The van der Waals surface area contributed by atoms with E-state index in [0.29, 0.717) is 31.7 Å². The van der Waals surface area contributed by atoms with Crippen LogP contribution in [0.15, 0.2) is 24.3 Å². The Kier molecular flexibility index (Phi) is 4.17. The van der Waals surface area contributed by atoms with E-state index in [4.69, 9.17) is 5.73 Å². The largest absolute Gasteiger partial charge is 0.353 e. The van der Waals surface area contributed by atoms with Crippen LogP contribution in [0.25, 0.3) is 10.9 Å². The van der Waals surface area contributed by atoms with Crippen LogP contribution in [0.1, 0.15) is 25.5 Å².